The van der Waals surface area contributed by atoms with Crippen molar-refractivity contribution in [1.29, 1.82) is 0 Å². The summed E-state index contributed by atoms with van der Waals surface area (Å²) in [4.78, 5) is 61.3. The lowest BCUT2D eigenvalue weighted by molar-refractivity contribution is -0.272. The molecule has 0 aliphatic carbocycles. The summed E-state index contributed by atoms with van der Waals surface area (Å²) in [6, 6.07) is 4.51. The van der Waals surface area contributed by atoms with E-state index < -0.39 is 67.0 Å². The fourth-order valence-electron chi connectivity index (χ4n) is 3.65. The van der Waals surface area contributed by atoms with E-state index in [9.17, 15) is 29.1 Å². The van der Waals surface area contributed by atoms with E-state index in [4.69, 9.17) is 18.9 Å². The molecule has 0 spiro atoms. The van der Waals surface area contributed by atoms with Gasteiger partial charge in [-0.1, -0.05) is 12.1 Å². The number of nitrogens with zero attached hydrogens (tertiary/aromatic N) is 1. The van der Waals surface area contributed by atoms with Crippen molar-refractivity contribution in [1.82, 2.24) is 4.90 Å². The molecule has 1 aromatic carbocycles. The van der Waals surface area contributed by atoms with Gasteiger partial charge in [-0.05, 0) is 12.1 Å². The quantitative estimate of drug-likeness (QED) is 0.375. The molecule has 2 amide bonds. The zero-order chi connectivity index (χ0) is 22.9. The van der Waals surface area contributed by atoms with E-state index in [0.29, 0.717) is 0 Å². The monoisotopic (exact) mass is 435 g/mol. The van der Waals surface area contributed by atoms with Crippen LogP contribution in [0.4, 0.5) is 0 Å². The first-order chi connectivity index (χ1) is 14.6. The maximum Gasteiger partial charge on any atom is 0.303 e. The molecule has 11 heteroatoms. The molecule has 2 aliphatic heterocycles. The zero-order valence-corrected chi connectivity index (χ0v) is 17.0. The molecule has 1 fully saturated rings. The highest BCUT2D eigenvalue weighted by Gasteiger charge is 2.56. The van der Waals surface area contributed by atoms with Gasteiger partial charge in [0.2, 0.25) is 0 Å². The van der Waals surface area contributed by atoms with Crippen molar-refractivity contribution in [2.24, 2.45) is 0 Å². The Kier molecular flexibility index (Phi) is 6.37. The van der Waals surface area contributed by atoms with Gasteiger partial charge in [-0.3, -0.25) is 28.9 Å². The van der Waals surface area contributed by atoms with Gasteiger partial charge in [0.1, 0.15) is 18.8 Å². The van der Waals surface area contributed by atoms with Crippen LogP contribution in [0.3, 0.4) is 0 Å². The van der Waals surface area contributed by atoms with Gasteiger partial charge in [0.15, 0.2) is 18.5 Å². The summed E-state index contributed by atoms with van der Waals surface area (Å²) in [5.74, 6) is -3.72. The van der Waals surface area contributed by atoms with E-state index in [1.165, 1.54) is 12.1 Å². The number of carbonyl (C=O) groups is 5. The Hall–Kier alpha value is -3.31. The number of esters is 3. The van der Waals surface area contributed by atoms with Crippen molar-refractivity contribution < 1.29 is 48.0 Å². The Morgan fingerprint density at radius 3 is 1.94 bits per heavy atom. The Bertz CT molecular complexity index is 893. The lowest BCUT2D eigenvalue weighted by Crippen LogP contribution is -2.67. The first-order valence-corrected chi connectivity index (χ1v) is 9.40. The molecule has 0 aromatic heterocycles. The molecule has 0 radical (unpaired) electrons. The SMILES string of the molecule is CC(=O)OC[C@H]1O[C@@H](O)[C@H](N2C(=O)c3ccccc3C2=O)[C@@H](OC(C)=O)[C@H]1OC(C)=O. The minimum atomic E-state index is -1.82. The number of hydrogen-bond donors (Lipinski definition) is 1. The molecule has 2 aliphatic rings. The van der Waals surface area contributed by atoms with Crippen LogP contribution in [-0.4, -0.2) is 77.0 Å². The van der Waals surface area contributed by atoms with Gasteiger partial charge in [-0.25, -0.2) is 0 Å². The molecule has 31 heavy (non-hydrogen) atoms. The van der Waals surface area contributed by atoms with Crippen LogP contribution in [0.1, 0.15) is 41.5 Å². The third-order valence-electron chi connectivity index (χ3n) is 4.81. The normalized spacial score (nSPS) is 27.5. The van der Waals surface area contributed by atoms with Crippen LogP contribution in [0.2, 0.25) is 0 Å². The van der Waals surface area contributed by atoms with Gasteiger partial charge in [0.05, 0.1) is 11.1 Å². The zero-order valence-electron chi connectivity index (χ0n) is 17.0. The van der Waals surface area contributed by atoms with Crippen molar-refractivity contribution >= 4 is 29.7 Å². The second-order valence-electron chi connectivity index (χ2n) is 7.03. The van der Waals surface area contributed by atoms with Crippen LogP contribution in [0.15, 0.2) is 24.3 Å². The Balaban J connectivity index is 2.01. The third kappa shape index (κ3) is 4.42. The topological polar surface area (TPSA) is 146 Å². The fourth-order valence-corrected chi connectivity index (χ4v) is 3.65. The van der Waals surface area contributed by atoms with Gasteiger partial charge in [0, 0.05) is 20.8 Å². The number of fused-ring (bicyclic) bond motifs is 1. The average molecular weight is 435 g/mol. The highest BCUT2D eigenvalue weighted by molar-refractivity contribution is 6.21. The molecule has 166 valence electrons. The van der Waals surface area contributed by atoms with Gasteiger partial charge in [-0.15, -0.1) is 0 Å². The van der Waals surface area contributed by atoms with Gasteiger partial charge in [0.25, 0.3) is 11.8 Å². The summed E-state index contributed by atoms with van der Waals surface area (Å²) < 4.78 is 20.9. The molecule has 1 N–H and O–H groups in total. The molecule has 3 rings (SSSR count). The predicted octanol–water partition coefficient (Wildman–Crippen LogP) is -0.205. The molecule has 1 aromatic rings. The Morgan fingerprint density at radius 2 is 1.45 bits per heavy atom. The number of imide groups is 1. The van der Waals surface area contributed by atoms with E-state index >= 15 is 0 Å². The number of amides is 2. The molecule has 0 bridgehead atoms. The summed E-state index contributed by atoms with van der Waals surface area (Å²) in [7, 11) is 0. The van der Waals surface area contributed by atoms with Crippen molar-refractivity contribution in [2.75, 3.05) is 6.61 Å². The fraction of sp³-hybridized carbons (Fsp3) is 0.450. The summed E-state index contributed by atoms with van der Waals surface area (Å²) in [5, 5.41) is 10.7. The van der Waals surface area contributed by atoms with E-state index in [-0.39, 0.29) is 11.1 Å². The number of rotatable bonds is 5. The molecule has 1 saturated heterocycles. The first-order valence-electron chi connectivity index (χ1n) is 9.40. The van der Waals surface area contributed by atoms with Crippen LogP contribution < -0.4 is 0 Å². The first kappa shape index (κ1) is 22.4. The average Bonchev–Trinajstić information content (AvgIpc) is 2.93. The molecule has 11 nitrogen and oxygen atoms in total. The van der Waals surface area contributed by atoms with Crippen LogP contribution in [0.25, 0.3) is 0 Å². The summed E-state index contributed by atoms with van der Waals surface area (Å²) in [6.07, 6.45) is -5.90. The van der Waals surface area contributed by atoms with Crippen LogP contribution >= 0.6 is 0 Å². The number of aliphatic hydroxyl groups is 1. The smallest absolute Gasteiger partial charge is 0.303 e. The van der Waals surface area contributed by atoms with Crippen molar-refractivity contribution in [3.8, 4) is 0 Å². The minimum Gasteiger partial charge on any atom is -0.463 e. The Morgan fingerprint density at radius 1 is 0.935 bits per heavy atom. The van der Waals surface area contributed by atoms with Gasteiger partial charge in [-0.2, -0.15) is 0 Å². The maximum absolute atomic E-state index is 12.9. The summed E-state index contributed by atoms with van der Waals surface area (Å²) in [6.45, 7) is 2.88. The van der Waals surface area contributed by atoms with Crippen LogP contribution in [0.5, 0.6) is 0 Å². The highest BCUT2D eigenvalue weighted by Crippen LogP contribution is 2.34. The molecule has 5 atom stereocenters. The largest absolute Gasteiger partial charge is 0.463 e. The number of benzene rings is 1. The van der Waals surface area contributed by atoms with E-state index in [0.717, 1.165) is 25.7 Å². The van der Waals surface area contributed by atoms with Crippen LogP contribution in [-0.2, 0) is 33.3 Å². The number of hydrogen-bond acceptors (Lipinski definition) is 10. The molecule has 0 saturated carbocycles. The van der Waals surface area contributed by atoms with Gasteiger partial charge >= 0.3 is 17.9 Å². The summed E-state index contributed by atoms with van der Waals surface area (Å²) in [5.41, 5.74) is 0.208. The standard InChI is InChI=1S/C20H21NO10/c1-9(22)28-8-14-16(29-10(2)23)17(30-11(3)24)15(20(27)31-14)21-18(25)12-6-4-5-7-13(12)19(21)26/h4-7,14-17,20,27H,8H2,1-3H3/t14-,15-,16+,17-,20-/m1/s1. The molecule has 0 unspecified atom stereocenters. The highest BCUT2D eigenvalue weighted by atomic mass is 16.7. The van der Waals surface area contributed by atoms with E-state index in [1.807, 2.05) is 0 Å². The van der Waals surface area contributed by atoms with E-state index in [1.54, 1.807) is 12.1 Å². The summed E-state index contributed by atoms with van der Waals surface area (Å²) >= 11 is 0. The molecule has 2 heterocycles. The number of aliphatic hydroxyl groups excluding tert-OH is 1. The lowest BCUT2D eigenvalue weighted by Gasteiger charge is -2.45. The second-order valence-corrected chi connectivity index (χ2v) is 7.03. The van der Waals surface area contributed by atoms with Crippen LogP contribution in [0, 0.1) is 0 Å². The Labute approximate surface area is 176 Å². The maximum atomic E-state index is 12.9. The molecular formula is C20H21NO10. The minimum absolute atomic E-state index is 0.104. The molecular weight excluding hydrogens is 414 g/mol. The number of carbonyl (C=O) groups excluding carboxylic acids is 5. The lowest BCUT2D eigenvalue weighted by atomic mass is 9.95. The van der Waals surface area contributed by atoms with E-state index in [2.05, 4.69) is 0 Å². The van der Waals surface area contributed by atoms with Crippen molar-refractivity contribution in [3.05, 3.63) is 35.4 Å². The number of ether oxygens (including phenoxy) is 4. The van der Waals surface area contributed by atoms with Crippen molar-refractivity contribution in [2.45, 2.75) is 51.4 Å². The van der Waals surface area contributed by atoms with Crippen molar-refractivity contribution in [3.63, 3.8) is 0 Å². The second kappa shape index (κ2) is 8.82. The third-order valence-corrected chi connectivity index (χ3v) is 4.81. The van der Waals surface area contributed by atoms with Gasteiger partial charge < -0.3 is 24.1 Å². The predicted molar refractivity (Wildman–Crippen MR) is 99.4 cm³/mol.